The minimum Gasteiger partial charge on any atom is -0.507 e. The number of carbonyl (C=O) groups is 2. The number of benzene rings is 3. The quantitative estimate of drug-likeness (QED) is 0.193. The molecule has 3 aromatic carbocycles. The lowest BCUT2D eigenvalue weighted by Crippen LogP contribution is -2.29. The summed E-state index contributed by atoms with van der Waals surface area (Å²) < 4.78 is 7.76. The zero-order valence-electron chi connectivity index (χ0n) is 21.4. The molecule has 5 rings (SSSR count). The van der Waals surface area contributed by atoms with Gasteiger partial charge in [0.05, 0.1) is 18.2 Å². The van der Waals surface area contributed by atoms with Crippen LogP contribution in [0.1, 0.15) is 49.4 Å². The molecule has 4 aromatic rings. The molecule has 1 amide bonds. The predicted octanol–water partition coefficient (Wildman–Crippen LogP) is 6.33. The van der Waals surface area contributed by atoms with Crippen LogP contribution in [0.5, 0.6) is 5.75 Å². The molecule has 1 unspecified atom stereocenters. The molecule has 1 atom stereocenters. The maximum absolute atomic E-state index is 13.6. The Balaban J connectivity index is 1.77. The van der Waals surface area contributed by atoms with E-state index in [0.29, 0.717) is 17.9 Å². The number of amides is 1. The number of hydrogen-bond acceptors (Lipinski definition) is 4. The van der Waals surface area contributed by atoms with Crippen LogP contribution in [0.25, 0.3) is 16.7 Å². The van der Waals surface area contributed by atoms with E-state index in [1.54, 1.807) is 18.2 Å². The maximum Gasteiger partial charge on any atom is 0.300 e. The highest BCUT2D eigenvalue weighted by molar-refractivity contribution is 6.51. The number of aryl methyl sites for hydroxylation is 1. The van der Waals surface area contributed by atoms with Crippen LogP contribution in [0, 0.1) is 0 Å². The first-order valence-electron chi connectivity index (χ1n) is 12.5. The van der Waals surface area contributed by atoms with Crippen LogP contribution in [0.3, 0.4) is 0 Å². The molecule has 37 heavy (non-hydrogen) atoms. The van der Waals surface area contributed by atoms with Gasteiger partial charge in [0.15, 0.2) is 0 Å². The minimum absolute atomic E-state index is 0.0732. The Morgan fingerprint density at radius 1 is 1.00 bits per heavy atom. The molecule has 188 valence electrons. The molecule has 0 bridgehead atoms. The molecule has 0 radical (unpaired) electrons. The Morgan fingerprint density at radius 2 is 1.70 bits per heavy atom. The van der Waals surface area contributed by atoms with E-state index in [1.165, 1.54) is 4.90 Å². The molecule has 0 saturated carbocycles. The van der Waals surface area contributed by atoms with Crippen LogP contribution >= 0.6 is 0 Å². The first-order chi connectivity index (χ1) is 17.8. The van der Waals surface area contributed by atoms with E-state index in [1.807, 2.05) is 93.2 Å². The van der Waals surface area contributed by atoms with Crippen molar-refractivity contribution >= 4 is 34.0 Å². The van der Waals surface area contributed by atoms with Crippen molar-refractivity contribution in [3.05, 3.63) is 101 Å². The van der Waals surface area contributed by atoms with Crippen LogP contribution < -0.4 is 9.64 Å². The molecule has 1 aromatic heterocycles. The summed E-state index contributed by atoms with van der Waals surface area (Å²) in [6, 6.07) is 21.6. The summed E-state index contributed by atoms with van der Waals surface area (Å²) in [5.74, 6) is -0.695. The molecule has 0 aliphatic carbocycles. The Hall–Kier alpha value is -4.32. The number of carbonyl (C=O) groups excluding carboxylic acids is 2. The van der Waals surface area contributed by atoms with Crippen LogP contribution in [-0.2, 0) is 16.6 Å². The van der Waals surface area contributed by atoms with Gasteiger partial charge >= 0.3 is 0 Å². The number of Topliss-reactive ketones (excluding diaryl/α,β-unsaturated/α-hetero) is 1. The summed E-state index contributed by atoms with van der Waals surface area (Å²) in [6.07, 6.45) is 1.93. The van der Waals surface area contributed by atoms with Gasteiger partial charge in [0.25, 0.3) is 11.7 Å². The SMILES string of the molecule is CCOc1ccc(/C(O)=C2\C(=O)C(=O)N(c3ccccc3)C2c2cn(C)c3ccccc23)cc1C(C)C. The summed E-state index contributed by atoms with van der Waals surface area (Å²) >= 11 is 0. The van der Waals surface area contributed by atoms with Gasteiger partial charge < -0.3 is 14.4 Å². The smallest absolute Gasteiger partial charge is 0.300 e. The van der Waals surface area contributed by atoms with Gasteiger partial charge in [-0.3, -0.25) is 14.5 Å². The van der Waals surface area contributed by atoms with Gasteiger partial charge in [-0.05, 0) is 54.8 Å². The fourth-order valence-electron chi connectivity index (χ4n) is 5.16. The van der Waals surface area contributed by atoms with Gasteiger partial charge in [-0.25, -0.2) is 0 Å². The van der Waals surface area contributed by atoms with Crippen LogP contribution in [0.15, 0.2) is 84.6 Å². The summed E-state index contributed by atoms with van der Waals surface area (Å²) in [5, 5.41) is 12.6. The molecule has 2 heterocycles. The zero-order chi connectivity index (χ0) is 26.3. The molecule has 1 fully saturated rings. The van der Waals surface area contributed by atoms with Gasteiger partial charge in [-0.2, -0.15) is 0 Å². The van der Waals surface area contributed by atoms with Crippen molar-refractivity contribution in [2.24, 2.45) is 7.05 Å². The highest BCUT2D eigenvalue weighted by atomic mass is 16.5. The number of fused-ring (bicyclic) bond motifs is 1. The van der Waals surface area contributed by atoms with Gasteiger partial charge in [0, 0.05) is 41.0 Å². The van der Waals surface area contributed by atoms with E-state index in [9.17, 15) is 14.7 Å². The van der Waals surface area contributed by atoms with Crippen molar-refractivity contribution in [1.82, 2.24) is 4.57 Å². The van der Waals surface area contributed by atoms with Gasteiger partial charge in [-0.1, -0.05) is 50.2 Å². The van der Waals surface area contributed by atoms with Gasteiger partial charge in [-0.15, -0.1) is 0 Å². The Morgan fingerprint density at radius 3 is 2.41 bits per heavy atom. The number of ketones is 1. The lowest BCUT2D eigenvalue weighted by molar-refractivity contribution is -0.132. The summed E-state index contributed by atoms with van der Waals surface area (Å²) in [4.78, 5) is 28.6. The van der Waals surface area contributed by atoms with E-state index in [-0.39, 0.29) is 17.3 Å². The van der Waals surface area contributed by atoms with E-state index in [2.05, 4.69) is 0 Å². The monoisotopic (exact) mass is 494 g/mol. The van der Waals surface area contributed by atoms with E-state index < -0.39 is 17.7 Å². The van der Waals surface area contributed by atoms with Gasteiger partial charge in [0.2, 0.25) is 0 Å². The molecule has 6 heteroatoms. The topological polar surface area (TPSA) is 71.8 Å². The number of rotatable bonds is 6. The molecule has 1 saturated heterocycles. The third-order valence-electron chi connectivity index (χ3n) is 6.91. The number of aliphatic hydroxyl groups is 1. The maximum atomic E-state index is 13.6. The highest BCUT2D eigenvalue weighted by Crippen LogP contribution is 2.45. The summed E-state index contributed by atoms with van der Waals surface area (Å²) in [6.45, 7) is 6.54. The summed E-state index contributed by atoms with van der Waals surface area (Å²) in [7, 11) is 1.93. The van der Waals surface area contributed by atoms with Crippen molar-refractivity contribution < 1.29 is 19.4 Å². The van der Waals surface area contributed by atoms with Crippen LogP contribution in [-0.4, -0.2) is 28.0 Å². The molecule has 6 nitrogen and oxygen atoms in total. The van der Waals surface area contributed by atoms with E-state index in [0.717, 1.165) is 27.8 Å². The number of aliphatic hydroxyl groups excluding tert-OH is 1. The third-order valence-corrected chi connectivity index (χ3v) is 6.91. The van der Waals surface area contributed by atoms with E-state index in [4.69, 9.17) is 4.74 Å². The van der Waals surface area contributed by atoms with Gasteiger partial charge in [0.1, 0.15) is 11.5 Å². The normalized spacial score (nSPS) is 17.2. The molecule has 1 aliphatic rings. The second-order valence-electron chi connectivity index (χ2n) is 9.56. The van der Waals surface area contributed by atoms with Crippen LogP contribution in [0.4, 0.5) is 5.69 Å². The van der Waals surface area contributed by atoms with Crippen molar-refractivity contribution in [2.45, 2.75) is 32.7 Å². The van der Waals surface area contributed by atoms with E-state index >= 15 is 0 Å². The zero-order valence-corrected chi connectivity index (χ0v) is 21.4. The number of nitrogens with zero attached hydrogens (tertiary/aromatic N) is 2. The number of para-hydroxylation sites is 2. The third kappa shape index (κ3) is 4.08. The lowest BCUT2D eigenvalue weighted by atomic mass is 9.93. The first kappa shape index (κ1) is 24.4. The number of aromatic nitrogens is 1. The largest absolute Gasteiger partial charge is 0.507 e. The standard InChI is InChI=1S/C31H30N2O4/c1-5-37-26-16-15-20(17-23(26)19(2)3)29(34)27-28(24-18-32(4)25-14-10-9-13-22(24)25)33(31(36)30(27)35)21-11-7-6-8-12-21/h6-19,28,34H,5H2,1-4H3/b29-27+. The summed E-state index contributed by atoms with van der Waals surface area (Å²) in [5.41, 5.74) is 3.81. The molecule has 1 aliphatic heterocycles. The highest BCUT2D eigenvalue weighted by Gasteiger charge is 2.47. The second kappa shape index (κ2) is 9.62. The van der Waals surface area contributed by atoms with Crippen molar-refractivity contribution in [1.29, 1.82) is 0 Å². The number of ether oxygens (including phenoxy) is 1. The number of anilines is 1. The fourth-order valence-corrected chi connectivity index (χ4v) is 5.16. The Kier molecular flexibility index (Phi) is 6.34. The molecular weight excluding hydrogens is 464 g/mol. The van der Waals surface area contributed by atoms with Crippen molar-refractivity contribution in [3.8, 4) is 5.75 Å². The number of hydrogen-bond donors (Lipinski definition) is 1. The lowest BCUT2D eigenvalue weighted by Gasteiger charge is -2.25. The molecular formula is C31H30N2O4. The second-order valence-corrected chi connectivity index (χ2v) is 9.56. The average molecular weight is 495 g/mol. The Bertz CT molecular complexity index is 1530. The van der Waals surface area contributed by atoms with Crippen LogP contribution in [0.2, 0.25) is 0 Å². The minimum atomic E-state index is -0.789. The Labute approximate surface area is 216 Å². The van der Waals surface area contributed by atoms with Crippen molar-refractivity contribution in [3.63, 3.8) is 0 Å². The molecule has 1 N–H and O–H groups in total. The first-order valence-corrected chi connectivity index (χ1v) is 12.5. The molecule has 0 spiro atoms. The predicted molar refractivity (Wildman–Crippen MR) is 146 cm³/mol. The van der Waals surface area contributed by atoms with Crippen molar-refractivity contribution in [2.75, 3.05) is 11.5 Å². The average Bonchev–Trinajstić information content (AvgIpc) is 3.37. The fraction of sp³-hybridized carbons (Fsp3) is 0.226.